The van der Waals surface area contributed by atoms with Crippen LogP contribution in [-0.4, -0.2) is 11.0 Å². The van der Waals surface area contributed by atoms with E-state index in [0.717, 1.165) is 22.0 Å². The van der Waals surface area contributed by atoms with Crippen LogP contribution in [-0.2, 0) is 0 Å². The van der Waals surface area contributed by atoms with E-state index < -0.39 is 0 Å². The lowest BCUT2D eigenvalue weighted by molar-refractivity contribution is 0.281. The fourth-order valence-electron chi connectivity index (χ4n) is 2.80. The first-order valence-corrected chi connectivity index (χ1v) is 7.29. The van der Waals surface area contributed by atoms with Gasteiger partial charge in [-0.25, -0.2) is 4.98 Å². The van der Waals surface area contributed by atoms with Crippen LogP contribution < -0.4 is 5.32 Å². The second-order valence-electron chi connectivity index (χ2n) is 5.26. The number of pyridine rings is 1. The van der Waals surface area contributed by atoms with Crippen molar-refractivity contribution >= 4 is 33.2 Å². The summed E-state index contributed by atoms with van der Waals surface area (Å²) in [5.41, 5.74) is 1.05. The highest BCUT2D eigenvalue weighted by molar-refractivity contribution is 9.10. The molecule has 94 valence electrons. The first-order chi connectivity index (χ1) is 8.04. The summed E-state index contributed by atoms with van der Waals surface area (Å²) < 4.78 is 0.848. The molecule has 1 aromatic heterocycles. The van der Waals surface area contributed by atoms with Crippen LogP contribution in [0.2, 0.25) is 5.15 Å². The molecule has 0 radical (unpaired) electrons. The smallest absolute Gasteiger partial charge is 0.143 e. The number of rotatable bonds is 2. The minimum Gasteiger partial charge on any atom is -0.381 e. The maximum Gasteiger partial charge on any atom is 0.143 e. The van der Waals surface area contributed by atoms with Crippen molar-refractivity contribution in [3.05, 3.63) is 21.9 Å². The number of halogens is 2. The summed E-state index contributed by atoms with van der Waals surface area (Å²) in [6, 6.07) is 2.56. The number of anilines is 1. The predicted octanol–water partition coefficient (Wildman–Crippen LogP) is 4.73. The fraction of sp³-hybridized carbons (Fsp3) is 0.615. The van der Waals surface area contributed by atoms with E-state index in [-0.39, 0.29) is 0 Å². The lowest BCUT2D eigenvalue weighted by Crippen LogP contribution is -2.30. The van der Waals surface area contributed by atoms with Gasteiger partial charge in [0.15, 0.2) is 0 Å². The molecule has 1 saturated carbocycles. The molecule has 0 aromatic carbocycles. The normalized spacial score (nSPS) is 29.1. The van der Waals surface area contributed by atoms with Gasteiger partial charge in [-0.05, 0) is 53.1 Å². The molecule has 2 nitrogen and oxygen atoms in total. The molecular weight excluding hydrogens is 300 g/mol. The molecule has 2 atom stereocenters. The van der Waals surface area contributed by atoms with E-state index in [1.54, 1.807) is 6.20 Å². The fourth-order valence-corrected chi connectivity index (χ4v) is 3.25. The van der Waals surface area contributed by atoms with Crippen molar-refractivity contribution in [3.8, 4) is 0 Å². The average molecular weight is 318 g/mol. The average Bonchev–Trinajstić information content (AvgIpc) is 2.22. The molecule has 17 heavy (non-hydrogen) atoms. The topological polar surface area (TPSA) is 24.9 Å². The Morgan fingerprint density at radius 1 is 1.29 bits per heavy atom. The second-order valence-corrected chi connectivity index (χ2v) is 6.47. The first kappa shape index (κ1) is 13.2. The van der Waals surface area contributed by atoms with Crippen molar-refractivity contribution < 1.29 is 0 Å². The molecule has 0 aliphatic heterocycles. The Labute approximate surface area is 116 Å². The van der Waals surface area contributed by atoms with Crippen LogP contribution in [0, 0.1) is 11.8 Å². The third kappa shape index (κ3) is 3.59. The number of nitrogens with one attached hydrogen (secondary N) is 1. The summed E-state index contributed by atoms with van der Waals surface area (Å²) >= 11 is 9.28. The molecule has 1 aromatic rings. The van der Waals surface area contributed by atoms with E-state index in [4.69, 9.17) is 11.6 Å². The molecule has 1 aliphatic carbocycles. The van der Waals surface area contributed by atoms with Crippen molar-refractivity contribution in [2.75, 3.05) is 5.32 Å². The van der Waals surface area contributed by atoms with Crippen molar-refractivity contribution in [1.29, 1.82) is 0 Å². The van der Waals surface area contributed by atoms with Gasteiger partial charge in [0.05, 0.1) is 16.4 Å². The SMILES string of the molecule is CC1CC(C)CC(Nc2cnc(Cl)c(Br)c2)C1. The van der Waals surface area contributed by atoms with Crippen molar-refractivity contribution in [2.24, 2.45) is 11.8 Å². The van der Waals surface area contributed by atoms with Crippen molar-refractivity contribution in [1.82, 2.24) is 4.98 Å². The molecule has 0 bridgehead atoms. The summed E-state index contributed by atoms with van der Waals surface area (Å²) in [5, 5.41) is 4.07. The van der Waals surface area contributed by atoms with Gasteiger partial charge in [-0.2, -0.15) is 0 Å². The van der Waals surface area contributed by atoms with E-state index in [1.807, 2.05) is 6.07 Å². The Bertz CT molecular complexity index is 387. The summed E-state index contributed by atoms with van der Waals surface area (Å²) in [6.45, 7) is 4.67. The minimum absolute atomic E-state index is 0.515. The molecule has 1 aliphatic rings. The van der Waals surface area contributed by atoms with Gasteiger partial charge in [0.2, 0.25) is 0 Å². The molecule has 1 N–H and O–H groups in total. The Morgan fingerprint density at radius 3 is 2.53 bits per heavy atom. The Balaban J connectivity index is 2.02. The quantitative estimate of drug-likeness (QED) is 0.797. The zero-order valence-corrected chi connectivity index (χ0v) is 12.6. The maximum atomic E-state index is 5.88. The third-order valence-electron chi connectivity index (χ3n) is 3.35. The zero-order valence-electron chi connectivity index (χ0n) is 10.2. The lowest BCUT2D eigenvalue weighted by atomic mass is 9.80. The molecule has 1 fully saturated rings. The van der Waals surface area contributed by atoms with E-state index in [0.29, 0.717) is 11.2 Å². The molecule has 1 heterocycles. The number of hydrogen-bond acceptors (Lipinski definition) is 2. The van der Waals surface area contributed by atoms with Crippen LogP contribution in [0.15, 0.2) is 16.7 Å². The zero-order chi connectivity index (χ0) is 12.4. The number of nitrogens with zero attached hydrogens (tertiary/aromatic N) is 1. The largest absolute Gasteiger partial charge is 0.381 e. The van der Waals surface area contributed by atoms with Crippen LogP contribution >= 0.6 is 27.5 Å². The lowest BCUT2D eigenvalue weighted by Gasteiger charge is -2.32. The molecular formula is C13H18BrClN2. The van der Waals surface area contributed by atoms with E-state index in [2.05, 4.69) is 40.1 Å². The van der Waals surface area contributed by atoms with Gasteiger partial charge in [-0.15, -0.1) is 0 Å². The van der Waals surface area contributed by atoms with Crippen LogP contribution in [0.3, 0.4) is 0 Å². The van der Waals surface area contributed by atoms with Gasteiger partial charge in [-0.3, -0.25) is 0 Å². The number of aromatic nitrogens is 1. The summed E-state index contributed by atoms with van der Waals surface area (Å²) in [4.78, 5) is 4.14. The predicted molar refractivity (Wildman–Crippen MR) is 76.5 cm³/mol. The second kappa shape index (κ2) is 5.57. The van der Waals surface area contributed by atoms with Gasteiger partial charge < -0.3 is 5.32 Å². The van der Waals surface area contributed by atoms with Crippen LogP contribution in [0.5, 0.6) is 0 Å². The monoisotopic (exact) mass is 316 g/mol. The molecule has 0 spiro atoms. The van der Waals surface area contributed by atoms with Crippen LogP contribution in [0.1, 0.15) is 33.1 Å². The highest BCUT2D eigenvalue weighted by Crippen LogP contribution is 2.31. The first-order valence-electron chi connectivity index (χ1n) is 6.12. The van der Waals surface area contributed by atoms with Crippen LogP contribution in [0.25, 0.3) is 0 Å². The standard InChI is InChI=1S/C13H18BrClN2/c1-8-3-9(2)5-10(4-8)17-11-6-12(14)13(15)16-7-11/h6-10,17H,3-5H2,1-2H3. The van der Waals surface area contributed by atoms with E-state index >= 15 is 0 Å². The molecule has 0 saturated heterocycles. The molecule has 2 rings (SSSR count). The molecule has 0 amide bonds. The van der Waals surface area contributed by atoms with Gasteiger partial charge in [0, 0.05) is 6.04 Å². The highest BCUT2D eigenvalue weighted by atomic mass is 79.9. The van der Waals surface area contributed by atoms with Gasteiger partial charge in [0.25, 0.3) is 0 Å². The van der Waals surface area contributed by atoms with Gasteiger partial charge in [0.1, 0.15) is 5.15 Å². The van der Waals surface area contributed by atoms with Gasteiger partial charge >= 0.3 is 0 Å². The Morgan fingerprint density at radius 2 is 1.94 bits per heavy atom. The molecule has 4 heteroatoms. The van der Waals surface area contributed by atoms with Crippen molar-refractivity contribution in [2.45, 2.75) is 39.2 Å². The Hall–Kier alpha value is -0.280. The van der Waals surface area contributed by atoms with Crippen molar-refractivity contribution in [3.63, 3.8) is 0 Å². The summed E-state index contributed by atoms with van der Waals surface area (Å²) in [6.07, 6.45) is 5.63. The molecule has 2 unspecified atom stereocenters. The third-order valence-corrected chi connectivity index (χ3v) is 4.48. The summed E-state index contributed by atoms with van der Waals surface area (Å²) in [5.74, 6) is 1.61. The summed E-state index contributed by atoms with van der Waals surface area (Å²) in [7, 11) is 0. The minimum atomic E-state index is 0.515. The van der Waals surface area contributed by atoms with Gasteiger partial charge in [-0.1, -0.05) is 25.4 Å². The van der Waals surface area contributed by atoms with E-state index in [9.17, 15) is 0 Å². The van der Waals surface area contributed by atoms with E-state index in [1.165, 1.54) is 19.3 Å². The number of hydrogen-bond donors (Lipinski definition) is 1. The Kier molecular flexibility index (Phi) is 4.31. The van der Waals surface area contributed by atoms with Crippen LogP contribution in [0.4, 0.5) is 5.69 Å². The maximum absolute atomic E-state index is 5.88. The highest BCUT2D eigenvalue weighted by Gasteiger charge is 2.23.